The van der Waals surface area contributed by atoms with Gasteiger partial charge < -0.3 is 0 Å². The lowest BCUT2D eigenvalue weighted by atomic mass is 10.1. The number of hydrogen-bond acceptors (Lipinski definition) is 7. The number of halogens is 1. The molecule has 0 radical (unpaired) electrons. The summed E-state index contributed by atoms with van der Waals surface area (Å²) in [5, 5.41) is 10.6. The van der Waals surface area contributed by atoms with Crippen LogP contribution in [0.2, 0.25) is 5.02 Å². The van der Waals surface area contributed by atoms with Crippen molar-refractivity contribution < 1.29 is 22.9 Å². The van der Waals surface area contributed by atoms with Crippen molar-refractivity contribution in [3.8, 4) is 0 Å². The Balaban J connectivity index is 1.60. The number of non-ortho nitro benzene ring substituents is 1. The van der Waals surface area contributed by atoms with Gasteiger partial charge in [0.1, 0.15) is 0 Å². The van der Waals surface area contributed by atoms with Crippen LogP contribution in [0.3, 0.4) is 0 Å². The van der Waals surface area contributed by atoms with Crippen molar-refractivity contribution in [1.29, 1.82) is 0 Å². The van der Waals surface area contributed by atoms with Crippen LogP contribution in [0.5, 0.6) is 0 Å². The molecule has 9 nitrogen and oxygen atoms in total. The molecule has 2 amide bonds. The largest absolute Gasteiger partial charge is 0.272 e. The number of nitro groups is 1. The molecule has 152 valence electrons. The van der Waals surface area contributed by atoms with Crippen molar-refractivity contribution in [3.05, 3.63) is 68.7 Å². The van der Waals surface area contributed by atoms with E-state index in [4.69, 9.17) is 11.6 Å². The molecule has 1 atom stereocenters. The fourth-order valence-electron chi connectivity index (χ4n) is 2.74. The molecular formula is C17H14ClN3O6S2. The lowest BCUT2D eigenvalue weighted by Gasteiger charge is -2.11. The number of benzene rings is 2. The summed E-state index contributed by atoms with van der Waals surface area (Å²) in [7, 11) is -3.67. The number of nitro benzene ring substituents is 1. The molecule has 2 N–H and O–H groups in total. The molecule has 29 heavy (non-hydrogen) atoms. The lowest BCUT2D eigenvalue weighted by molar-refractivity contribution is -0.385. The van der Waals surface area contributed by atoms with E-state index in [9.17, 15) is 28.1 Å². The van der Waals surface area contributed by atoms with E-state index in [1.54, 1.807) is 12.1 Å². The number of carbonyl (C=O) groups is 2. The third kappa shape index (κ3) is 4.69. The maximum Gasteiger partial charge on any atom is 0.271 e. The van der Waals surface area contributed by atoms with Crippen molar-refractivity contribution in [3.63, 3.8) is 0 Å². The SMILES string of the molecule is O=C(CS[C@@H]1CS(=O)(=O)c2cc([N+](=O)[O-])ccc21)NNC(=O)c1ccccc1Cl. The lowest BCUT2D eigenvalue weighted by Crippen LogP contribution is -2.42. The summed E-state index contributed by atoms with van der Waals surface area (Å²) in [6.07, 6.45) is 0. The van der Waals surface area contributed by atoms with E-state index in [1.165, 1.54) is 24.3 Å². The second-order valence-corrected chi connectivity index (χ2v) is 9.64. The summed E-state index contributed by atoms with van der Waals surface area (Å²) in [6.45, 7) is 0. The van der Waals surface area contributed by atoms with E-state index in [0.29, 0.717) is 5.56 Å². The minimum atomic E-state index is -3.67. The molecule has 2 aromatic rings. The Bertz CT molecular complexity index is 1110. The standard InChI is InChI=1S/C17H14ClN3O6S2/c18-13-4-2-1-3-11(13)17(23)20-19-16(22)8-28-14-9-29(26,27)15-7-10(21(24)25)5-6-12(14)15/h1-7,14H,8-9H2,(H,19,22)(H,20,23)/t14-/m1/s1. The first-order valence-electron chi connectivity index (χ1n) is 8.15. The van der Waals surface area contributed by atoms with Crippen LogP contribution in [0, 0.1) is 10.1 Å². The average molecular weight is 456 g/mol. The van der Waals surface area contributed by atoms with Gasteiger partial charge in [0, 0.05) is 17.4 Å². The summed E-state index contributed by atoms with van der Waals surface area (Å²) in [5.74, 6) is -1.51. The summed E-state index contributed by atoms with van der Waals surface area (Å²) in [4.78, 5) is 34.2. The number of nitrogens with zero attached hydrogens (tertiary/aromatic N) is 1. The highest BCUT2D eigenvalue weighted by Gasteiger charge is 2.36. The van der Waals surface area contributed by atoms with E-state index >= 15 is 0 Å². The second kappa shape index (κ2) is 8.39. The Morgan fingerprint density at radius 1 is 1.21 bits per heavy atom. The average Bonchev–Trinajstić information content (AvgIpc) is 2.94. The number of nitrogens with one attached hydrogen (secondary N) is 2. The Kier molecular flexibility index (Phi) is 6.10. The zero-order valence-corrected chi connectivity index (χ0v) is 17.0. The van der Waals surface area contributed by atoms with Crippen LogP contribution in [0.25, 0.3) is 0 Å². The van der Waals surface area contributed by atoms with Crippen molar-refractivity contribution >= 4 is 50.7 Å². The molecule has 0 spiro atoms. The van der Waals surface area contributed by atoms with Crippen molar-refractivity contribution in [2.24, 2.45) is 0 Å². The number of amides is 2. The first-order valence-corrected chi connectivity index (χ1v) is 11.2. The number of carbonyl (C=O) groups excluding carboxylic acids is 2. The molecule has 1 heterocycles. The van der Waals surface area contributed by atoms with Gasteiger partial charge in [-0.25, -0.2) is 8.42 Å². The van der Waals surface area contributed by atoms with Crippen LogP contribution in [-0.2, 0) is 14.6 Å². The molecule has 0 unspecified atom stereocenters. The predicted molar refractivity (Wildman–Crippen MR) is 107 cm³/mol. The zero-order chi connectivity index (χ0) is 21.2. The number of fused-ring (bicyclic) bond motifs is 1. The van der Waals surface area contributed by atoms with Crippen LogP contribution in [0.4, 0.5) is 5.69 Å². The van der Waals surface area contributed by atoms with Gasteiger partial charge in [0.15, 0.2) is 9.84 Å². The normalized spacial score (nSPS) is 16.7. The number of hydrogen-bond donors (Lipinski definition) is 2. The van der Waals surface area contributed by atoms with E-state index in [2.05, 4.69) is 10.9 Å². The molecule has 3 rings (SSSR count). The first kappa shape index (κ1) is 21.1. The Morgan fingerprint density at radius 3 is 2.62 bits per heavy atom. The summed E-state index contributed by atoms with van der Waals surface area (Å²) >= 11 is 6.97. The van der Waals surface area contributed by atoms with Gasteiger partial charge in [-0.05, 0) is 23.8 Å². The molecule has 12 heteroatoms. The van der Waals surface area contributed by atoms with Crippen LogP contribution in [-0.4, -0.2) is 36.7 Å². The highest BCUT2D eigenvalue weighted by Crippen LogP contribution is 2.43. The third-order valence-electron chi connectivity index (χ3n) is 4.11. The van der Waals surface area contributed by atoms with Crippen molar-refractivity contribution in [2.45, 2.75) is 10.1 Å². The maximum atomic E-state index is 12.3. The second-order valence-electron chi connectivity index (χ2n) is 6.04. The van der Waals surface area contributed by atoms with Crippen molar-refractivity contribution in [2.75, 3.05) is 11.5 Å². The van der Waals surface area contributed by atoms with E-state index in [-0.39, 0.29) is 32.7 Å². The van der Waals surface area contributed by atoms with Gasteiger partial charge in [-0.3, -0.25) is 30.6 Å². The first-order chi connectivity index (χ1) is 13.7. The van der Waals surface area contributed by atoms with Gasteiger partial charge in [-0.1, -0.05) is 23.7 Å². The molecular weight excluding hydrogens is 442 g/mol. The molecule has 0 saturated carbocycles. The molecule has 0 aliphatic carbocycles. The Labute approximate surface area is 174 Å². The molecule has 0 aromatic heterocycles. The van der Waals surface area contributed by atoms with Crippen LogP contribution < -0.4 is 10.9 Å². The fourth-order valence-corrected chi connectivity index (χ4v) is 6.40. The van der Waals surface area contributed by atoms with E-state index in [0.717, 1.165) is 17.8 Å². The molecule has 0 saturated heterocycles. The topological polar surface area (TPSA) is 135 Å². The Morgan fingerprint density at radius 2 is 1.93 bits per heavy atom. The molecule has 0 fully saturated rings. The van der Waals surface area contributed by atoms with E-state index < -0.39 is 31.8 Å². The van der Waals surface area contributed by atoms with Crippen LogP contribution in [0.15, 0.2) is 47.4 Å². The van der Waals surface area contributed by atoms with Gasteiger partial charge >= 0.3 is 0 Å². The van der Waals surface area contributed by atoms with E-state index in [1.807, 2.05) is 0 Å². The third-order valence-corrected chi connectivity index (χ3v) is 7.70. The summed E-state index contributed by atoms with van der Waals surface area (Å²) in [5.41, 5.74) is 4.80. The number of sulfone groups is 1. The Hall–Kier alpha value is -2.63. The molecule has 1 aliphatic rings. The molecule has 0 bridgehead atoms. The summed E-state index contributed by atoms with van der Waals surface area (Å²) in [6, 6.07) is 9.99. The van der Waals surface area contributed by atoms with Gasteiger partial charge in [0.25, 0.3) is 11.6 Å². The quantitative estimate of drug-likeness (QED) is 0.521. The highest BCUT2D eigenvalue weighted by molar-refractivity contribution is 8.02. The number of thioether (sulfide) groups is 1. The smallest absolute Gasteiger partial charge is 0.271 e. The van der Waals surface area contributed by atoms with Crippen LogP contribution in [0.1, 0.15) is 21.2 Å². The van der Waals surface area contributed by atoms with Crippen molar-refractivity contribution in [1.82, 2.24) is 10.9 Å². The predicted octanol–water partition coefficient (Wildman–Crippen LogP) is 2.27. The maximum absolute atomic E-state index is 12.3. The minimum absolute atomic E-state index is 0.0865. The molecule has 2 aromatic carbocycles. The number of rotatable bonds is 5. The monoisotopic (exact) mass is 455 g/mol. The fraction of sp³-hybridized carbons (Fsp3) is 0.176. The van der Waals surface area contributed by atoms with Gasteiger partial charge in [-0.15, -0.1) is 11.8 Å². The zero-order valence-electron chi connectivity index (χ0n) is 14.6. The van der Waals surface area contributed by atoms with Gasteiger partial charge in [0.2, 0.25) is 5.91 Å². The minimum Gasteiger partial charge on any atom is -0.272 e. The van der Waals surface area contributed by atoms with Gasteiger partial charge in [0.05, 0.1) is 31.9 Å². The molecule has 1 aliphatic heterocycles. The summed E-state index contributed by atoms with van der Waals surface area (Å²) < 4.78 is 24.6. The number of hydrazine groups is 1. The highest BCUT2D eigenvalue weighted by atomic mass is 35.5. The van der Waals surface area contributed by atoms with Crippen LogP contribution >= 0.6 is 23.4 Å². The van der Waals surface area contributed by atoms with Gasteiger partial charge in [-0.2, -0.15) is 0 Å².